The lowest BCUT2D eigenvalue weighted by Gasteiger charge is -2.49. The van der Waals surface area contributed by atoms with Crippen molar-refractivity contribution < 1.29 is 23.9 Å². The van der Waals surface area contributed by atoms with Crippen LogP contribution in [-0.2, 0) is 38.6 Å². The van der Waals surface area contributed by atoms with Gasteiger partial charge in [0.05, 0.1) is 13.5 Å². The van der Waals surface area contributed by atoms with E-state index in [-0.39, 0.29) is 35.9 Å². The molecule has 200 valence electrons. The number of ether oxygens (including phenoxy) is 2. The normalized spacial score (nSPS) is 18.2. The summed E-state index contributed by atoms with van der Waals surface area (Å²) >= 11 is 1.55. The van der Waals surface area contributed by atoms with E-state index in [9.17, 15) is 14.4 Å². The van der Waals surface area contributed by atoms with Crippen molar-refractivity contribution in [3.63, 3.8) is 0 Å². The van der Waals surface area contributed by atoms with Gasteiger partial charge >= 0.3 is 5.97 Å². The maximum atomic E-state index is 13.5. The molecule has 3 aromatic carbocycles. The summed E-state index contributed by atoms with van der Waals surface area (Å²) in [6.07, 6.45) is 0.717. The number of hydrogen-bond donors (Lipinski definition) is 1. The van der Waals surface area contributed by atoms with Crippen LogP contribution in [0.5, 0.6) is 5.75 Å². The molecule has 0 radical (unpaired) electrons. The Bertz CT molecular complexity index is 1390. The van der Waals surface area contributed by atoms with Gasteiger partial charge in [-0.15, -0.1) is 11.8 Å². The lowest BCUT2D eigenvalue weighted by Crippen LogP contribution is -2.70. The number of benzene rings is 3. The van der Waals surface area contributed by atoms with Gasteiger partial charge < -0.3 is 14.8 Å². The molecule has 0 saturated carbocycles. The molecule has 2 aliphatic rings. The number of nitrogens with one attached hydrogen (secondary N) is 1. The van der Waals surface area contributed by atoms with E-state index in [0.717, 1.165) is 27.8 Å². The zero-order valence-electron chi connectivity index (χ0n) is 21.9. The first-order chi connectivity index (χ1) is 18.9. The Kier molecular flexibility index (Phi) is 8.02. The minimum Gasteiger partial charge on any atom is -0.497 e. The molecule has 5 rings (SSSR count). The molecule has 0 aromatic heterocycles. The van der Waals surface area contributed by atoms with Crippen LogP contribution >= 0.6 is 11.8 Å². The summed E-state index contributed by atoms with van der Waals surface area (Å²) < 4.78 is 10.9. The third kappa shape index (κ3) is 6.01. The molecule has 0 bridgehead atoms. The van der Waals surface area contributed by atoms with E-state index in [1.807, 2.05) is 73.7 Å². The summed E-state index contributed by atoms with van der Waals surface area (Å²) in [5, 5.41) is 2.52. The van der Waals surface area contributed by atoms with Crippen LogP contribution in [0, 0.1) is 6.92 Å². The third-order valence-corrected chi connectivity index (χ3v) is 8.17. The van der Waals surface area contributed by atoms with E-state index in [0.29, 0.717) is 17.9 Å². The topological polar surface area (TPSA) is 84.9 Å². The highest BCUT2D eigenvalue weighted by atomic mass is 32.2. The first kappa shape index (κ1) is 26.6. The second-order valence-electron chi connectivity index (χ2n) is 9.66. The van der Waals surface area contributed by atoms with Crippen LogP contribution in [0.4, 0.5) is 0 Å². The maximum absolute atomic E-state index is 13.5. The van der Waals surface area contributed by atoms with Gasteiger partial charge in [-0.3, -0.25) is 14.5 Å². The number of carbonyl (C=O) groups is 3. The van der Waals surface area contributed by atoms with E-state index < -0.39 is 12.0 Å². The van der Waals surface area contributed by atoms with Crippen LogP contribution < -0.4 is 10.1 Å². The smallest absolute Gasteiger partial charge is 0.355 e. The molecule has 2 aliphatic heterocycles. The summed E-state index contributed by atoms with van der Waals surface area (Å²) in [5.41, 5.74) is 5.01. The quantitative estimate of drug-likeness (QED) is 0.323. The number of aryl methyl sites for hydroxylation is 1. The van der Waals surface area contributed by atoms with Gasteiger partial charge in [0.1, 0.15) is 29.5 Å². The fourth-order valence-corrected chi connectivity index (χ4v) is 6.05. The van der Waals surface area contributed by atoms with Crippen molar-refractivity contribution in [3.05, 3.63) is 112 Å². The zero-order chi connectivity index (χ0) is 27.4. The fraction of sp³-hybridized carbons (Fsp3) is 0.258. The van der Waals surface area contributed by atoms with E-state index in [1.165, 1.54) is 4.90 Å². The van der Waals surface area contributed by atoms with Gasteiger partial charge in [0.25, 0.3) is 5.91 Å². The zero-order valence-corrected chi connectivity index (χ0v) is 22.7. The molecule has 3 aromatic rings. The number of rotatable bonds is 9. The molecule has 2 atom stereocenters. The monoisotopic (exact) mass is 542 g/mol. The molecule has 0 aliphatic carbocycles. The van der Waals surface area contributed by atoms with Crippen LogP contribution in [-0.4, -0.2) is 47.0 Å². The Morgan fingerprint density at radius 3 is 2.33 bits per heavy atom. The summed E-state index contributed by atoms with van der Waals surface area (Å²) in [6, 6.07) is 24.1. The van der Waals surface area contributed by atoms with E-state index in [2.05, 4.69) is 5.32 Å². The molecule has 2 heterocycles. The van der Waals surface area contributed by atoms with Crippen molar-refractivity contribution in [2.75, 3.05) is 12.9 Å². The number of thioether (sulfide) groups is 1. The number of carbonyl (C=O) groups excluding carboxylic acids is 3. The van der Waals surface area contributed by atoms with Crippen molar-refractivity contribution in [1.29, 1.82) is 0 Å². The van der Waals surface area contributed by atoms with Crippen LogP contribution in [0.3, 0.4) is 0 Å². The van der Waals surface area contributed by atoms with Crippen molar-refractivity contribution in [2.24, 2.45) is 0 Å². The van der Waals surface area contributed by atoms with Crippen LogP contribution in [0.25, 0.3) is 0 Å². The van der Waals surface area contributed by atoms with Gasteiger partial charge in [-0.2, -0.15) is 0 Å². The number of esters is 1. The number of fused-ring (bicyclic) bond motifs is 1. The molecule has 0 spiro atoms. The Morgan fingerprint density at radius 1 is 0.949 bits per heavy atom. The first-order valence-electron chi connectivity index (χ1n) is 12.8. The molecular formula is C31H30N2O5S. The lowest BCUT2D eigenvalue weighted by molar-refractivity contribution is -0.153. The van der Waals surface area contributed by atoms with Crippen LogP contribution in [0.15, 0.2) is 90.1 Å². The Hall–Kier alpha value is -4.04. The number of hydrogen-bond acceptors (Lipinski definition) is 6. The number of methoxy groups -OCH3 is 1. The summed E-state index contributed by atoms with van der Waals surface area (Å²) in [6.45, 7) is 2.10. The first-order valence-corrected chi connectivity index (χ1v) is 13.8. The minimum absolute atomic E-state index is 0.0707. The predicted octanol–water partition coefficient (Wildman–Crippen LogP) is 4.19. The van der Waals surface area contributed by atoms with E-state index in [1.54, 1.807) is 31.0 Å². The van der Waals surface area contributed by atoms with Crippen LogP contribution in [0.2, 0.25) is 0 Å². The Balaban J connectivity index is 1.33. The highest BCUT2D eigenvalue weighted by molar-refractivity contribution is 8.00. The average Bonchev–Trinajstić information content (AvgIpc) is 2.96. The molecule has 1 saturated heterocycles. The van der Waals surface area contributed by atoms with Crippen molar-refractivity contribution in [1.82, 2.24) is 10.2 Å². The second-order valence-corrected chi connectivity index (χ2v) is 10.8. The lowest BCUT2D eigenvalue weighted by atomic mass is 9.98. The largest absolute Gasteiger partial charge is 0.497 e. The van der Waals surface area contributed by atoms with Gasteiger partial charge in [0.2, 0.25) is 5.91 Å². The highest BCUT2D eigenvalue weighted by Crippen LogP contribution is 2.41. The van der Waals surface area contributed by atoms with Gasteiger partial charge in [-0.05, 0) is 47.7 Å². The number of amides is 2. The summed E-state index contributed by atoms with van der Waals surface area (Å²) in [4.78, 5) is 41.0. The molecular weight excluding hydrogens is 512 g/mol. The SMILES string of the molecule is COc1ccc(COC(=O)C2=C(Cc3ccc(C)cc3)CS[C@@H]3[C@H](NC(=O)Cc4ccccc4)C(=O)N23)cc1. The van der Waals surface area contributed by atoms with E-state index >= 15 is 0 Å². The molecule has 1 N–H and O–H groups in total. The fourth-order valence-electron chi connectivity index (χ4n) is 4.70. The molecule has 2 amide bonds. The average molecular weight is 543 g/mol. The van der Waals surface area contributed by atoms with Gasteiger partial charge in [0.15, 0.2) is 0 Å². The molecule has 8 heteroatoms. The Labute approximate surface area is 232 Å². The van der Waals surface area contributed by atoms with Gasteiger partial charge in [-0.1, -0.05) is 72.3 Å². The number of β-lactam (4-membered cyclic amide) rings is 1. The summed E-state index contributed by atoms with van der Waals surface area (Å²) in [5.74, 6) is 0.206. The molecule has 1 fully saturated rings. The van der Waals surface area contributed by atoms with Gasteiger partial charge in [-0.25, -0.2) is 4.79 Å². The van der Waals surface area contributed by atoms with Crippen molar-refractivity contribution in [3.8, 4) is 5.75 Å². The number of nitrogens with zero attached hydrogens (tertiary/aromatic N) is 1. The maximum Gasteiger partial charge on any atom is 0.355 e. The Morgan fingerprint density at radius 2 is 1.64 bits per heavy atom. The van der Waals surface area contributed by atoms with Gasteiger partial charge in [0, 0.05) is 5.75 Å². The third-order valence-electron chi connectivity index (χ3n) is 6.83. The van der Waals surface area contributed by atoms with Crippen molar-refractivity contribution >= 4 is 29.5 Å². The second kappa shape index (κ2) is 11.8. The van der Waals surface area contributed by atoms with Crippen molar-refractivity contribution in [2.45, 2.75) is 37.8 Å². The standard InChI is InChI=1S/C31H30N2O5S/c1-20-8-10-22(11-9-20)16-24-19-39-30-27(32-26(34)17-21-6-4-3-5-7-21)29(35)33(30)28(24)31(36)38-18-23-12-14-25(37-2)15-13-23/h3-15,27,30H,16-19H2,1-2H3,(H,32,34)/t27-,30-/m1/s1. The van der Waals surface area contributed by atoms with E-state index in [4.69, 9.17) is 9.47 Å². The molecule has 39 heavy (non-hydrogen) atoms. The molecule has 0 unspecified atom stereocenters. The predicted molar refractivity (Wildman–Crippen MR) is 150 cm³/mol. The summed E-state index contributed by atoms with van der Waals surface area (Å²) in [7, 11) is 1.59. The minimum atomic E-state index is -0.684. The highest BCUT2D eigenvalue weighted by Gasteiger charge is 2.54. The molecule has 7 nitrogen and oxygen atoms in total. The van der Waals surface area contributed by atoms with Crippen LogP contribution in [0.1, 0.15) is 22.3 Å².